The summed E-state index contributed by atoms with van der Waals surface area (Å²) in [5.41, 5.74) is 7.55. The molecule has 0 saturated carbocycles. The largest absolute Gasteiger partial charge is 0.370 e. The van der Waals surface area contributed by atoms with Gasteiger partial charge in [0.1, 0.15) is 6.04 Å². The molecule has 3 aromatic carbocycles. The molecule has 1 fully saturated rings. The molecule has 10 heteroatoms. The van der Waals surface area contributed by atoms with Gasteiger partial charge in [0.15, 0.2) is 5.96 Å². The molecule has 0 spiro atoms. The third-order valence-corrected chi connectivity index (χ3v) is 9.11. The van der Waals surface area contributed by atoms with E-state index >= 15 is 0 Å². The van der Waals surface area contributed by atoms with Gasteiger partial charge in [0.2, 0.25) is 15.9 Å². The quantitative estimate of drug-likeness (QED) is 0.339. The number of benzene rings is 3. The number of carbonyl (C=O) groups excluding carboxylic acids is 1. The minimum atomic E-state index is -3.93. The summed E-state index contributed by atoms with van der Waals surface area (Å²) in [5.74, 6) is -0.0931. The van der Waals surface area contributed by atoms with Crippen LogP contribution >= 0.6 is 12.4 Å². The zero-order valence-corrected chi connectivity index (χ0v) is 22.1. The van der Waals surface area contributed by atoms with E-state index < -0.39 is 16.1 Å². The molecule has 1 amide bonds. The zero-order valence-electron chi connectivity index (χ0n) is 20.5. The van der Waals surface area contributed by atoms with Crippen LogP contribution in [0.3, 0.4) is 0 Å². The zero-order chi connectivity index (χ0) is 25.3. The Morgan fingerprint density at radius 2 is 1.73 bits per heavy atom. The molecular formula is C27H32ClN5O3S. The van der Waals surface area contributed by atoms with Gasteiger partial charge in [0.25, 0.3) is 0 Å². The first-order chi connectivity index (χ1) is 17.3. The number of halogens is 1. The van der Waals surface area contributed by atoms with Crippen LogP contribution in [0.4, 0.5) is 0 Å². The molecule has 0 bridgehead atoms. The Morgan fingerprint density at radius 3 is 2.49 bits per heavy atom. The lowest BCUT2D eigenvalue weighted by atomic mass is 9.94. The molecule has 196 valence electrons. The fourth-order valence-electron chi connectivity index (χ4n) is 5.25. The van der Waals surface area contributed by atoms with Gasteiger partial charge in [-0.3, -0.25) is 10.2 Å². The number of nitrogens with one attached hydrogen (secondary N) is 2. The molecule has 2 atom stereocenters. The minimum Gasteiger partial charge on any atom is -0.370 e. The summed E-state index contributed by atoms with van der Waals surface area (Å²) >= 11 is 0. The average Bonchev–Trinajstić information content (AvgIpc) is 2.90. The third kappa shape index (κ3) is 5.58. The Kier molecular flexibility index (Phi) is 8.06. The minimum absolute atomic E-state index is 0. The smallest absolute Gasteiger partial charge is 0.244 e. The molecule has 3 aromatic rings. The molecule has 0 radical (unpaired) electrons. The van der Waals surface area contributed by atoms with Crippen LogP contribution in [0.5, 0.6) is 0 Å². The van der Waals surface area contributed by atoms with Crippen molar-refractivity contribution in [1.29, 1.82) is 5.41 Å². The second-order valence-electron chi connectivity index (χ2n) is 9.63. The topological polar surface area (TPSA) is 120 Å². The Hall–Kier alpha value is -3.14. The molecule has 2 aliphatic rings. The fraction of sp³-hybridized carbons (Fsp3) is 0.333. The molecule has 2 heterocycles. The fourth-order valence-corrected chi connectivity index (χ4v) is 6.85. The van der Waals surface area contributed by atoms with E-state index in [4.69, 9.17) is 11.1 Å². The van der Waals surface area contributed by atoms with E-state index in [9.17, 15) is 13.2 Å². The lowest BCUT2D eigenvalue weighted by Gasteiger charge is -2.36. The molecule has 4 N–H and O–H groups in total. The summed E-state index contributed by atoms with van der Waals surface area (Å²) in [5, 5.41) is 12.5. The van der Waals surface area contributed by atoms with Gasteiger partial charge in [0, 0.05) is 26.2 Å². The Labute approximate surface area is 223 Å². The molecule has 0 aliphatic carbocycles. The van der Waals surface area contributed by atoms with Gasteiger partial charge in [-0.05, 0) is 59.2 Å². The lowest BCUT2D eigenvalue weighted by Crippen LogP contribution is -2.54. The van der Waals surface area contributed by atoms with Crippen molar-refractivity contribution < 1.29 is 13.2 Å². The Morgan fingerprint density at radius 1 is 1.03 bits per heavy atom. The molecule has 0 aromatic heterocycles. The van der Waals surface area contributed by atoms with Gasteiger partial charge in [0.05, 0.1) is 4.90 Å². The number of guanidine groups is 1. The highest BCUT2D eigenvalue weighted by Crippen LogP contribution is 2.30. The van der Waals surface area contributed by atoms with Crippen LogP contribution < -0.4 is 11.1 Å². The monoisotopic (exact) mass is 541 g/mol. The van der Waals surface area contributed by atoms with Gasteiger partial charge >= 0.3 is 0 Å². The molecule has 1 unspecified atom stereocenters. The predicted molar refractivity (Wildman–Crippen MR) is 147 cm³/mol. The van der Waals surface area contributed by atoms with Crippen LogP contribution in [-0.2, 0) is 27.8 Å². The van der Waals surface area contributed by atoms with Crippen molar-refractivity contribution in [2.45, 2.75) is 36.7 Å². The summed E-state index contributed by atoms with van der Waals surface area (Å²) in [6, 6.07) is 19.6. The molecule has 5 rings (SSSR count). The van der Waals surface area contributed by atoms with Crippen molar-refractivity contribution in [3.05, 3.63) is 77.9 Å². The van der Waals surface area contributed by atoms with E-state index in [1.54, 1.807) is 18.2 Å². The molecule has 2 aliphatic heterocycles. The van der Waals surface area contributed by atoms with E-state index in [0.29, 0.717) is 19.5 Å². The summed E-state index contributed by atoms with van der Waals surface area (Å²) < 4.78 is 29.1. The predicted octanol–water partition coefficient (Wildman–Crippen LogP) is 3.10. The Bertz CT molecular complexity index is 1410. The summed E-state index contributed by atoms with van der Waals surface area (Å²) in [6.45, 7) is 1.93. The van der Waals surface area contributed by atoms with Crippen molar-refractivity contribution in [2.24, 2.45) is 11.7 Å². The number of sulfonamides is 1. The SMILES string of the molecule is Cl.N=C(N)N1CCCC(CNC(=O)[C@H]2Cc3ccccc3CN2S(=O)(=O)c2ccc3ccccc3c2)C1. The van der Waals surface area contributed by atoms with Crippen LogP contribution in [0.15, 0.2) is 71.6 Å². The van der Waals surface area contributed by atoms with Crippen LogP contribution in [-0.4, -0.2) is 55.2 Å². The number of nitrogens with zero attached hydrogens (tertiary/aromatic N) is 2. The van der Waals surface area contributed by atoms with Gasteiger partial charge in [-0.25, -0.2) is 8.42 Å². The first-order valence-electron chi connectivity index (χ1n) is 12.3. The molecule has 1 saturated heterocycles. The number of likely N-dealkylation sites (tertiary alicyclic amines) is 1. The number of fused-ring (bicyclic) bond motifs is 2. The van der Waals surface area contributed by atoms with Crippen molar-refractivity contribution >= 4 is 45.1 Å². The van der Waals surface area contributed by atoms with Crippen LogP contribution in [0, 0.1) is 11.3 Å². The van der Waals surface area contributed by atoms with E-state index in [1.807, 2.05) is 53.4 Å². The van der Waals surface area contributed by atoms with Gasteiger partial charge in [-0.15, -0.1) is 12.4 Å². The normalized spacial score (nSPS) is 20.1. The Balaban J connectivity index is 0.00000320. The highest BCUT2D eigenvalue weighted by atomic mass is 35.5. The number of carbonyl (C=O) groups is 1. The highest BCUT2D eigenvalue weighted by Gasteiger charge is 2.39. The molecule has 37 heavy (non-hydrogen) atoms. The maximum atomic E-state index is 13.9. The van der Waals surface area contributed by atoms with E-state index in [-0.39, 0.29) is 41.6 Å². The van der Waals surface area contributed by atoms with Gasteiger partial charge < -0.3 is 16.0 Å². The maximum Gasteiger partial charge on any atom is 0.244 e. The molecule has 8 nitrogen and oxygen atoms in total. The van der Waals surface area contributed by atoms with Gasteiger partial charge in [-0.2, -0.15) is 4.31 Å². The average molecular weight is 542 g/mol. The number of hydrogen-bond acceptors (Lipinski definition) is 4. The maximum absolute atomic E-state index is 13.9. The van der Waals surface area contributed by atoms with Crippen LogP contribution in [0.25, 0.3) is 10.8 Å². The van der Waals surface area contributed by atoms with Gasteiger partial charge in [-0.1, -0.05) is 54.6 Å². The number of amides is 1. The molecular weight excluding hydrogens is 510 g/mol. The van der Waals surface area contributed by atoms with E-state index in [1.165, 1.54) is 4.31 Å². The van der Waals surface area contributed by atoms with Crippen molar-refractivity contribution in [3.8, 4) is 0 Å². The second kappa shape index (κ2) is 11.1. The van der Waals surface area contributed by atoms with Crippen molar-refractivity contribution in [2.75, 3.05) is 19.6 Å². The van der Waals surface area contributed by atoms with E-state index in [2.05, 4.69) is 5.32 Å². The van der Waals surface area contributed by atoms with Crippen molar-refractivity contribution in [3.63, 3.8) is 0 Å². The first kappa shape index (κ1) is 26.9. The van der Waals surface area contributed by atoms with Crippen molar-refractivity contribution in [1.82, 2.24) is 14.5 Å². The summed E-state index contributed by atoms with van der Waals surface area (Å²) in [7, 11) is -3.93. The standard InChI is InChI=1S/C27H31N5O3S.ClH/c28-27(29)31-13-5-6-19(17-31)16-30-26(33)25-15-22-9-3-4-10-23(22)18-32(25)36(34,35)24-12-11-20-7-1-2-8-21(20)14-24;/h1-4,7-12,14,19,25H,5-6,13,15-18H2,(H3,28,29)(H,30,33);1H/t19?,25-;/m1./s1. The summed E-state index contributed by atoms with van der Waals surface area (Å²) in [4.78, 5) is 15.5. The van der Waals surface area contributed by atoms with Crippen LogP contribution in [0.2, 0.25) is 0 Å². The number of piperidine rings is 1. The summed E-state index contributed by atoms with van der Waals surface area (Å²) in [6.07, 6.45) is 2.15. The highest BCUT2D eigenvalue weighted by molar-refractivity contribution is 7.89. The lowest BCUT2D eigenvalue weighted by molar-refractivity contribution is -0.125. The first-order valence-corrected chi connectivity index (χ1v) is 13.7. The number of nitrogens with two attached hydrogens (primary N) is 1. The third-order valence-electron chi connectivity index (χ3n) is 7.26. The number of rotatable bonds is 5. The van der Waals surface area contributed by atoms with Crippen LogP contribution in [0.1, 0.15) is 24.0 Å². The number of hydrogen-bond donors (Lipinski definition) is 3. The second-order valence-corrected chi connectivity index (χ2v) is 11.5. The van der Waals surface area contributed by atoms with E-state index in [0.717, 1.165) is 41.3 Å².